The van der Waals surface area contributed by atoms with Crippen LogP contribution in [0.2, 0.25) is 0 Å². The lowest BCUT2D eigenvalue weighted by atomic mass is 9.75. The van der Waals surface area contributed by atoms with E-state index in [0.717, 1.165) is 38.5 Å². The Morgan fingerprint density at radius 1 is 0.938 bits per heavy atom. The molecule has 1 N–H and O–H groups in total. The summed E-state index contributed by atoms with van der Waals surface area (Å²) in [7, 11) is -3.86. The van der Waals surface area contributed by atoms with Crippen LogP contribution in [0.4, 0.5) is 0 Å². The molecule has 1 aromatic heterocycles. The highest BCUT2D eigenvalue weighted by Gasteiger charge is 2.46. The third-order valence-electron chi connectivity index (χ3n) is 7.77. The Bertz CT molecular complexity index is 717. The average molecular weight is 466 g/mol. The van der Waals surface area contributed by atoms with Crippen LogP contribution < -0.4 is 0 Å². The Balaban J connectivity index is 1.92. The number of pyridine rings is 1. The molecule has 0 unspecified atom stereocenters. The number of nitrogens with zero attached hydrogens (tertiary/aromatic N) is 1. The molecule has 3 rings (SSSR count). The summed E-state index contributed by atoms with van der Waals surface area (Å²) in [6.45, 7) is 13.3. The lowest BCUT2D eigenvalue weighted by Crippen LogP contribution is -2.37. The van der Waals surface area contributed by atoms with Crippen molar-refractivity contribution in [3.63, 3.8) is 0 Å². The van der Waals surface area contributed by atoms with Gasteiger partial charge in [-0.05, 0) is 67.3 Å². The molecule has 2 aliphatic carbocycles. The van der Waals surface area contributed by atoms with Gasteiger partial charge in [-0.2, -0.15) is 0 Å². The maximum absolute atomic E-state index is 14.5. The van der Waals surface area contributed by atoms with Crippen molar-refractivity contribution in [2.75, 3.05) is 0 Å². The van der Waals surface area contributed by atoms with Crippen LogP contribution >= 0.6 is 7.60 Å². The molecule has 2 saturated carbocycles. The SMILES string of the molecule is CC(C)[C@H]1CC[C@@H](C)C[C@H]1OP(=O)(O[C@@H]1C[C@H](C)CC[C@@H]1C(C)C)[C@H](O)c1cccnc1. The summed E-state index contributed by atoms with van der Waals surface area (Å²) in [6, 6.07) is 3.51. The van der Waals surface area contributed by atoms with E-state index >= 15 is 0 Å². The van der Waals surface area contributed by atoms with Crippen molar-refractivity contribution >= 4 is 7.60 Å². The minimum absolute atomic E-state index is 0.172. The van der Waals surface area contributed by atoms with Crippen molar-refractivity contribution in [2.24, 2.45) is 35.5 Å². The lowest BCUT2D eigenvalue weighted by Gasteiger charge is -2.42. The van der Waals surface area contributed by atoms with Gasteiger partial charge in [-0.25, -0.2) is 0 Å². The second kappa shape index (κ2) is 11.1. The zero-order valence-electron chi connectivity index (χ0n) is 20.8. The van der Waals surface area contributed by atoms with Gasteiger partial charge in [-0.3, -0.25) is 9.55 Å². The van der Waals surface area contributed by atoms with Crippen LogP contribution in [0.15, 0.2) is 24.5 Å². The van der Waals surface area contributed by atoms with Gasteiger partial charge in [0, 0.05) is 18.0 Å². The van der Waals surface area contributed by atoms with E-state index in [4.69, 9.17) is 9.05 Å². The van der Waals surface area contributed by atoms with Crippen LogP contribution in [-0.4, -0.2) is 22.3 Å². The van der Waals surface area contributed by atoms with Crippen LogP contribution in [0.5, 0.6) is 0 Å². The first kappa shape index (κ1) is 25.9. The monoisotopic (exact) mass is 465 g/mol. The first-order valence-corrected chi connectivity index (χ1v) is 14.3. The Hall–Kier alpha value is -0.740. The predicted molar refractivity (Wildman–Crippen MR) is 129 cm³/mol. The van der Waals surface area contributed by atoms with Crippen molar-refractivity contribution in [1.29, 1.82) is 0 Å². The van der Waals surface area contributed by atoms with Gasteiger partial charge in [0.1, 0.15) is 0 Å². The molecule has 0 amide bonds. The number of hydrogen-bond acceptors (Lipinski definition) is 5. The Kier molecular flexibility index (Phi) is 8.99. The number of aliphatic hydroxyl groups is 1. The molecule has 0 saturated heterocycles. The van der Waals surface area contributed by atoms with Crippen LogP contribution in [0, 0.1) is 35.5 Å². The van der Waals surface area contributed by atoms with Crippen LogP contribution in [0.25, 0.3) is 0 Å². The van der Waals surface area contributed by atoms with Gasteiger partial charge in [-0.15, -0.1) is 0 Å². The topological polar surface area (TPSA) is 68.7 Å². The van der Waals surface area contributed by atoms with Crippen molar-refractivity contribution in [1.82, 2.24) is 4.98 Å². The number of hydrogen-bond donors (Lipinski definition) is 1. The fourth-order valence-electron chi connectivity index (χ4n) is 5.70. The summed E-state index contributed by atoms with van der Waals surface area (Å²) in [4.78, 5) is 4.13. The molecule has 7 atom stereocenters. The quantitative estimate of drug-likeness (QED) is 0.410. The maximum atomic E-state index is 14.5. The van der Waals surface area contributed by atoms with E-state index in [-0.39, 0.29) is 12.2 Å². The average Bonchev–Trinajstić information content (AvgIpc) is 2.73. The number of aliphatic hydroxyl groups excluding tert-OH is 1. The van der Waals surface area contributed by atoms with Crippen molar-refractivity contribution < 1.29 is 18.7 Å². The van der Waals surface area contributed by atoms with Gasteiger partial charge in [0.15, 0.2) is 5.85 Å². The summed E-state index contributed by atoms with van der Waals surface area (Å²) >= 11 is 0. The van der Waals surface area contributed by atoms with E-state index in [0.29, 0.717) is 41.1 Å². The van der Waals surface area contributed by atoms with Crippen molar-refractivity contribution in [2.45, 2.75) is 98.1 Å². The highest BCUT2D eigenvalue weighted by atomic mass is 31.2. The van der Waals surface area contributed by atoms with Crippen LogP contribution in [-0.2, 0) is 13.6 Å². The number of aromatic nitrogens is 1. The Morgan fingerprint density at radius 3 is 1.84 bits per heavy atom. The molecular weight excluding hydrogens is 421 g/mol. The molecule has 0 aliphatic heterocycles. The molecule has 182 valence electrons. The number of rotatable bonds is 8. The largest absolute Gasteiger partial charge is 0.376 e. The van der Waals surface area contributed by atoms with E-state index in [1.165, 1.54) is 0 Å². The van der Waals surface area contributed by atoms with Crippen LogP contribution in [0.1, 0.15) is 91.5 Å². The highest BCUT2D eigenvalue weighted by molar-refractivity contribution is 7.54. The van der Waals surface area contributed by atoms with E-state index in [9.17, 15) is 9.67 Å². The smallest absolute Gasteiger partial charge is 0.364 e. The molecule has 6 heteroatoms. The molecule has 2 fully saturated rings. The van der Waals surface area contributed by atoms with Gasteiger partial charge in [0.25, 0.3) is 0 Å². The third kappa shape index (κ3) is 6.23. The van der Waals surface area contributed by atoms with Gasteiger partial charge in [0.2, 0.25) is 0 Å². The third-order valence-corrected chi connectivity index (χ3v) is 9.80. The molecule has 0 bridgehead atoms. The summed E-state index contributed by atoms with van der Waals surface area (Å²) < 4.78 is 27.4. The standard InChI is InChI=1S/C26H44NO4P/c1-17(2)22-11-9-19(5)14-24(22)30-32(29,26(28)21-8-7-13-27-16-21)31-25-15-20(6)10-12-23(25)18(3)4/h7-8,13,16-20,22-26,28H,9-12,14-15H2,1-6H3/t19-,20-,22-,23-,24-,25-,26+/m1/s1. The van der Waals surface area contributed by atoms with E-state index < -0.39 is 13.4 Å². The zero-order valence-corrected chi connectivity index (χ0v) is 21.7. The maximum Gasteiger partial charge on any atom is 0.364 e. The lowest BCUT2D eigenvalue weighted by molar-refractivity contribution is -0.0154. The highest BCUT2D eigenvalue weighted by Crippen LogP contribution is 2.64. The van der Waals surface area contributed by atoms with Crippen molar-refractivity contribution in [3.05, 3.63) is 30.1 Å². The summed E-state index contributed by atoms with van der Waals surface area (Å²) in [5.41, 5.74) is 0.491. The molecular formula is C26H44NO4P. The molecule has 0 aromatic carbocycles. The van der Waals surface area contributed by atoms with E-state index in [1.807, 2.05) is 0 Å². The van der Waals surface area contributed by atoms with Gasteiger partial charge in [0.05, 0.1) is 12.2 Å². The molecule has 1 aromatic rings. The molecule has 32 heavy (non-hydrogen) atoms. The Labute approximate surface area is 195 Å². The summed E-state index contributed by atoms with van der Waals surface area (Å²) in [5, 5.41) is 11.3. The Morgan fingerprint density at radius 2 is 1.44 bits per heavy atom. The molecule has 5 nitrogen and oxygen atoms in total. The van der Waals surface area contributed by atoms with Gasteiger partial charge >= 0.3 is 7.60 Å². The van der Waals surface area contributed by atoms with Gasteiger partial charge in [-0.1, -0.05) is 60.5 Å². The fourth-order valence-corrected chi connectivity index (χ4v) is 7.74. The second-order valence-corrected chi connectivity index (χ2v) is 13.1. The van der Waals surface area contributed by atoms with E-state index in [2.05, 4.69) is 46.5 Å². The molecule has 0 radical (unpaired) electrons. The van der Waals surface area contributed by atoms with Crippen LogP contribution in [0.3, 0.4) is 0 Å². The molecule has 1 heterocycles. The summed E-state index contributed by atoms with van der Waals surface area (Å²) in [6.07, 6.45) is 9.01. The second-order valence-electron chi connectivity index (χ2n) is 11.1. The minimum Gasteiger partial charge on any atom is -0.376 e. The minimum atomic E-state index is -3.86. The first-order chi connectivity index (χ1) is 15.1. The van der Waals surface area contributed by atoms with Gasteiger partial charge < -0.3 is 14.2 Å². The van der Waals surface area contributed by atoms with E-state index in [1.54, 1.807) is 24.5 Å². The van der Waals surface area contributed by atoms with Crippen molar-refractivity contribution in [3.8, 4) is 0 Å². The summed E-state index contributed by atoms with van der Waals surface area (Å²) in [5.74, 6) is 1.18. The predicted octanol–water partition coefficient (Wildman–Crippen LogP) is 7.22. The normalized spacial score (nSPS) is 32.9. The fraction of sp³-hybridized carbons (Fsp3) is 0.808. The first-order valence-electron chi connectivity index (χ1n) is 12.6. The molecule has 2 aliphatic rings. The molecule has 0 spiro atoms. The zero-order chi connectivity index (χ0) is 23.5.